The molecule has 0 spiro atoms. The highest BCUT2D eigenvalue weighted by Crippen LogP contribution is 1.89. The molecule has 8 heteroatoms. The lowest BCUT2D eigenvalue weighted by Crippen LogP contribution is -2.49. The Balaban J connectivity index is 3.45. The van der Waals surface area contributed by atoms with Gasteiger partial charge in [0.05, 0.1) is 6.42 Å². The van der Waals surface area contributed by atoms with Crippen molar-refractivity contribution in [3.63, 3.8) is 0 Å². The van der Waals surface area contributed by atoms with Gasteiger partial charge in [-0.1, -0.05) is 0 Å². The number of rotatable bonds is 13. The van der Waals surface area contributed by atoms with E-state index in [1.54, 1.807) is 0 Å². The second-order valence-electron chi connectivity index (χ2n) is 4.22. The highest BCUT2D eigenvalue weighted by atomic mass is 16.4. The molecule has 0 fully saturated rings. The molecule has 0 aliphatic rings. The maximum Gasteiger partial charge on any atom is 0.305 e. The predicted molar refractivity (Wildman–Crippen MR) is 72.1 cm³/mol. The maximum atomic E-state index is 10.9. The van der Waals surface area contributed by atoms with Gasteiger partial charge in [-0.25, -0.2) is 5.43 Å². The van der Waals surface area contributed by atoms with E-state index in [2.05, 4.69) is 16.2 Å². The number of amides is 1. The Kier molecular flexibility index (Phi) is 11.1. The summed E-state index contributed by atoms with van der Waals surface area (Å²) >= 11 is 0. The highest BCUT2D eigenvalue weighted by Gasteiger charge is 2.17. The summed E-state index contributed by atoms with van der Waals surface area (Å²) < 4.78 is 0. The van der Waals surface area contributed by atoms with Crippen LogP contribution >= 0.6 is 0 Å². The van der Waals surface area contributed by atoms with Gasteiger partial charge < -0.3 is 21.9 Å². The van der Waals surface area contributed by atoms with E-state index in [4.69, 9.17) is 16.6 Å². The van der Waals surface area contributed by atoms with Gasteiger partial charge in [0, 0.05) is 6.54 Å². The summed E-state index contributed by atoms with van der Waals surface area (Å²) in [5.41, 5.74) is 15.8. The van der Waals surface area contributed by atoms with Crippen LogP contribution in [-0.4, -0.2) is 49.2 Å². The molecule has 112 valence electrons. The van der Waals surface area contributed by atoms with Gasteiger partial charge in [0.15, 0.2) is 0 Å². The highest BCUT2D eigenvalue weighted by molar-refractivity contribution is 5.84. The Labute approximate surface area is 113 Å². The number of hydrogen-bond acceptors (Lipinski definition) is 6. The van der Waals surface area contributed by atoms with E-state index in [-0.39, 0.29) is 6.42 Å². The van der Waals surface area contributed by atoms with E-state index >= 15 is 0 Å². The number of hydrogen-bond donors (Lipinski definition) is 6. The fraction of sp³-hybridized carbons (Fsp3) is 0.818. The summed E-state index contributed by atoms with van der Waals surface area (Å²) in [6, 6.07) is -0.894. The molecule has 0 aromatic heterocycles. The average Bonchev–Trinajstić information content (AvgIpc) is 2.34. The van der Waals surface area contributed by atoms with Gasteiger partial charge in [-0.2, -0.15) is 0 Å². The van der Waals surface area contributed by atoms with Crippen LogP contribution < -0.4 is 27.6 Å². The van der Waals surface area contributed by atoms with Crippen molar-refractivity contribution in [2.45, 2.75) is 31.7 Å². The molecule has 0 aromatic rings. The zero-order valence-electron chi connectivity index (χ0n) is 11.2. The Hall–Kier alpha value is -1.22. The lowest BCUT2D eigenvalue weighted by molar-refractivity contribution is -0.139. The van der Waals surface area contributed by atoms with Gasteiger partial charge in [0.1, 0.15) is 6.04 Å². The van der Waals surface area contributed by atoms with E-state index in [0.29, 0.717) is 13.1 Å². The predicted octanol–water partition coefficient (Wildman–Crippen LogP) is -1.87. The fourth-order valence-corrected chi connectivity index (χ4v) is 1.41. The van der Waals surface area contributed by atoms with Crippen LogP contribution in [0.3, 0.4) is 0 Å². The van der Waals surface area contributed by atoms with Crippen molar-refractivity contribution in [1.29, 1.82) is 0 Å². The zero-order chi connectivity index (χ0) is 14.5. The standard InChI is InChI=1S/C11H25N5O3/c12-4-1-2-5-14-6-3-7-15-16-9(11(13)19)8-10(17)18/h9,14-16H,1-8,12H2,(H2,13,19)(H,17,18). The van der Waals surface area contributed by atoms with Crippen molar-refractivity contribution < 1.29 is 14.7 Å². The van der Waals surface area contributed by atoms with Crippen molar-refractivity contribution in [1.82, 2.24) is 16.2 Å². The first kappa shape index (κ1) is 17.8. The molecule has 0 saturated heterocycles. The van der Waals surface area contributed by atoms with Crippen molar-refractivity contribution in [2.24, 2.45) is 11.5 Å². The Morgan fingerprint density at radius 1 is 1.11 bits per heavy atom. The van der Waals surface area contributed by atoms with Gasteiger partial charge in [0.2, 0.25) is 5.91 Å². The number of nitrogens with one attached hydrogen (secondary N) is 3. The zero-order valence-corrected chi connectivity index (χ0v) is 11.2. The average molecular weight is 275 g/mol. The first-order valence-corrected chi connectivity index (χ1v) is 6.48. The minimum atomic E-state index is -1.07. The van der Waals surface area contributed by atoms with Crippen molar-refractivity contribution in [2.75, 3.05) is 26.2 Å². The van der Waals surface area contributed by atoms with Crippen LogP contribution in [0.4, 0.5) is 0 Å². The van der Waals surface area contributed by atoms with E-state index in [0.717, 1.165) is 32.4 Å². The van der Waals surface area contributed by atoms with Crippen molar-refractivity contribution in [3.8, 4) is 0 Å². The smallest absolute Gasteiger partial charge is 0.305 e. The summed E-state index contributed by atoms with van der Waals surface area (Å²) in [4.78, 5) is 21.4. The van der Waals surface area contributed by atoms with E-state index in [1.807, 2.05) is 0 Å². The minimum Gasteiger partial charge on any atom is -0.481 e. The number of carboxylic acids is 1. The number of aliphatic carboxylic acids is 1. The summed E-state index contributed by atoms with van der Waals surface area (Å²) in [5, 5.41) is 11.8. The van der Waals surface area contributed by atoms with Crippen LogP contribution in [0.2, 0.25) is 0 Å². The monoisotopic (exact) mass is 275 g/mol. The van der Waals surface area contributed by atoms with Gasteiger partial charge in [-0.3, -0.25) is 15.0 Å². The largest absolute Gasteiger partial charge is 0.481 e. The number of unbranched alkanes of at least 4 members (excludes halogenated alkanes) is 1. The second kappa shape index (κ2) is 11.8. The maximum absolute atomic E-state index is 10.9. The third kappa shape index (κ3) is 11.6. The van der Waals surface area contributed by atoms with Gasteiger partial charge >= 0.3 is 5.97 Å². The molecule has 19 heavy (non-hydrogen) atoms. The van der Waals surface area contributed by atoms with Gasteiger partial charge in [-0.05, 0) is 38.9 Å². The molecule has 0 aliphatic carbocycles. The van der Waals surface area contributed by atoms with Crippen molar-refractivity contribution >= 4 is 11.9 Å². The molecule has 8 nitrogen and oxygen atoms in total. The van der Waals surface area contributed by atoms with Crippen LogP contribution in [0.1, 0.15) is 25.7 Å². The molecule has 0 aliphatic heterocycles. The number of nitrogens with two attached hydrogens (primary N) is 2. The summed E-state index contributed by atoms with van der Waals surface area (Å²) in [6.45, 7) is 3.12. The Morgan fingerprint density at radius 3 is 2.37 bits per heavy atom. The number of carbonyl (C=O) groups excluding carboxylic acids is 1. The number of carbonyl (C=O) groups is 2. The molecule has 0 aromatic carbocycles. The number of carboxylic acid groups (broad SMARTS) is 1. The van der Waals surface area contributed by atoms with Crippen LogP contribution in [0.15, 0.2) is 0 Å². The van der Waals surface area contributed by atoms with E-state index in [1.165, 1.54) is 0 Å². The van der Waals surface area contributed by atoms with Crippen LogP contribution in [0.25, 0.3) is 0 Å². The molecular formula is C11H25N5O3. The number of primary amides is 1. The van der Waals surface area contributed by atoms with Gasteiger partial charge in [0.25, 0.3) is 0 Å². The first-order chi connectivity index (χ1) is 9.07. The third-order valence-corrected chi connectivity index (χ3v) is 2.46. The molecular weight excluding hydrogens is 250 g/mol. The lowest BCUT2D eigenvalue weighted by Gasteiger charge is -2.14. The summed E-state index contributed by atoms with van der Waals surface area (Å²) in [5.74, 6) is -1.76. The topological polar surface area (TPSA) is 142 Å². The SMILES string of the molecule is NCCCCNCCCNNC(CC(=O)O)C(N)=O. The molecule has 8 N–H and O–H groups in total. The summed E-state index contributed by atoms with van der Waals surface area (Å²) in [6.07, 6.45) is 2.60. The Morgan fingerprint density at radius 2 is 1.79 bits per heavy atom. The molecule has 1 amide bonds. The Bertz CT molecular complexity index is 263. The number of hydrazine groups is 1. The normalized spacial score (nSPS) is 12.3. The van der Waals surface area contributed by atoms with Crippen molar-refractivity contribution in [3.05, 3.63) is 0 Å². The molecule has 1 unspecified atom stereocenters. The lowest BCUT2D eigenvalue weighted by atomic mass is 10.2. The summed E-state index contributed by atoms with van der Waals surface area (Å²) in [7, 11) is 0. The minimum absolute atomic E-state index is 0.334. The third-order valence-electron chi connectivity index (χ3n) is 2.46. The van der Waals surface area contributed by atoms with Gasteiger partial charge in [-0.15, -0.1) is 0 Å². The quantitative estimate of drug-likeness (QED) is 0.171. The first-order valence-electron chi connectivity index (χ1n) is 6.48. The van der Waals surface area contributed by atoms with E-state index < -0.39 is 17.9 Å². The molecule has 0 saturated carbocycles. The molecule has 0 rings (SSSR count). The fourth-order valence-electron chi connectivity index (χ4n) is 1.41. The van der Waals surface area contributed by atoms with Crippen LogP contribution in [0, 0.1) is 0 Å². The van der Waals surface area contributed by atoms with Crippen LogP contribution in [0.5, 0.6) is 0 Å². The molecule has 0 bridgehead atoms. The molecule has 0 heterocycles. The van der Waals surface area contributed by atoms with E-state index in [9.17, 15) is 9.59 Å². The molecule has 0 radical (unpaired) electrons. The molecule has 1 atom stereocenters. The van der Waals surface area contributed by atoms with Crippen LogP contribution in [-0.2, 0) is 9.59 Å². The second-order valence-corrected chi connectivity index (χ2v) is 4.22.